The lowest BCUT2D eigenvalue weighted by molar-refractivity contribution is 0.354. The van der Waals surface area contributed by atoms with Crippen molar-refractivity contribution >= 4 is 5.96 Å². The number of rotatable bonds is 7. The van der Waals surface area contributed by atoms with Crippen molar-refractivity contribution in [1.82, 2.24) is 10.5 Å². The van der Waals surface area contributed by atoms with Crippen LogP contribution in [-0.4, -0.2) is 25.3 Å². The summed E-state index contributed by atoms with van der Waals surface area (Å²) in [6, 6.07) is 7.55. The fraction of sp³-hybridized carbons (Fsp3) is 0.412. The number of guanidine groups is 1. The lowest BCUT2D eigenvalue weighted by Gasteiger charge is -2.09. The van der Waals surface area contributed by atoms with E-state index in [0.29, 0.717) is 36.5 Å². The van der Waals surface area contributed by atoms with E-state index >= 15 is 0 Å². The first kappa shape index (κ1) is 17.7. The zero-order chi connectivity index (χ0) is 17.5. The lowest BCUT2D eigenvalue weighted by Crippen LogP contribution is -2.31. The Morgan fingerprint density at radius 1 is 1.25 bits per heavy atom. The van der Waals surface area contributed by atoms with Crippen LogP contribution in [-0.2, 0) is 13.1 Å². The predicted octanol–water partition coefficient (Wildman–Crippen LogP) is 2.42. The fourth-order valence-electron chi connectivity index (χ4n) is 2.07. The van der Waals surface area contributed by atoms with Crippen LogP contribution in [0, 0.1) is 0 Å². The van der Waals surface area contributed by atoms with Crippen molar-refractivity contribution < 1.29 is 14.0 Å². The SMILES string of the molecule is COc1ccc(CN=C(N)NCc2cc(C(C)C)no2)cc1OC. The van der Waals surface area contributed by atoms with Crippen molar-refractivity contribution in [3.8, 4) is 11.5 Å². The molecule has 0 aliphatic carbocycles. The van der Waals surface area contributed by atoms with Crippen LogP contribution in [0.1, 0.15) is 36.8 Å². The monoisotopic (exact) mass is 332 g/mol. The number of hydrogen-bond acceptors (Lipinski definition) is 5. The molecular weight excluding hydrogens is 308 g/mol. The number of ether oxygens (including phenoxy) is 2. The highest BCUT2D eigenvalue weighted by Gasteiger charge is 2.08. The van der Waals surface area contributed by atoms with Crippen LogP contribution in [0.3, 0.4) is 0 Å². The van der Waals surface area contributed by atoms with Gasteiger partial charge < -0.3 is 25.0 Å². The minimum atomic E-state index is 0.332. The second-order valence-electron chi connectivity index (χ2n) is 5.62. The summed E-state index contributed by atoms with van der Waals surface area (Å²) in [4.78, 5) is 4.31. The maximum absolute atomic E-state index is 5.88. The molecule has 24 heavy (non-hydrogen) atoms. The van der Waals surface area contributed by atoms with Gasteiger partial charge in [0.05, 0.1) is 33.0 Å². The Kier molecular flexibility index (Phi) is 6.06. The number of hydrogen-bond donors (Lipinski definition) is 2. The largest absolute Gasteiger partial charge is 0.493 e. The quantitative estimate of drug-likeness (QED) is 0.597. The van der Waals surface area contributed by atoms with Gasteiger partial charge in [0, 0.05) is 6.07 Å². The standard InChI is InChI=1S/C17H24N4O3/c1-11(2)14-8-13(24-21-14)10-20-17(18)19-9-12-5-6-15(22-3)16(7-12)23-4/h5-8,11H,9-10H2,1-4H3,(H3,18,19,20). The van der Waals surface area contributed by atoms with Gasteiger partial charge in [-0.2, -0.15) is 0 Å². The first-order valence-corrected chi connectivity index (χ1v) is 7.73. The molecule has 0 saturated heterocycles. The van der Waals surface area contributed by atoms with Crippen LogP contribution in [0.15, 0.2) is 33.8 Å². The van der Waals surface area contributed by atoms with Crippen molar-refractivity contribution in [2.45, 2.75) is 32.9 Å². The van der Waals surface area contributed by atoms with Crippen molar-refractivity contribution in [2.75, 3.05) is 14.2 Å². The van der Waals surface area contributed by atoms with E-state index in [-0.39, 0.29) is 0 Å². The topological polar surface area (TPSA) is 94.9 Å². The van der Waals surface area contributed by atoms with Crippen LogP contribution in [0.4, 0.5) is 0 Å². The summed E-state index contributed by atoms with van der Waals surface area (Å²) in [6.45, 7) is 5.01. The van der Waals surface area contributed by atoms with Gasteiger partial charge in [-0.3, -0.25) is 0 Å². The molecule has 1 aromatic heterocycles. The van der Waals surface area contributed by atoms with E-state index in [1.165, 1.54) is 0 Å². The van der Waals surface area contributed by atoms with Gasteiger partial charge >= 0.3 is 0 Å². The Hall–Kier alpha value is -2.70. The van der Waals surface area contributed by atoms with Crippen LogP contribution >= 0.6 is 0 Å². The molecular formula is C17H24N4O3. The van der Waals surface area contributed by atoms with Crippen molar-refractivity contribution in [1.29, 1.82) is 0 Å². The smallest absolute Gasteiger partial charge is 0.189 e. The number of aliphatic imine (C=N–C) groups is 1. The van der Waals surface area contributed by atoms with Crippen LogP contribution in [0.2, 0.25) is 0 Å². The van der Waals surface area contributed by atoms with Crippen LogP contribution in [0.5, 0.6) is 11.5 Å². The first-order chi connectivity index (χ1) is 11.5. The highest BCUT2D eigenvalue weighted by Crippen LogP contribution is 2.27. The minimum Gasteiger partial charge on any atom is -0.493 e. The van der Waals surface area contributed by atoms with Gasteiger partial charge in [0.15, 0.2) is 23.2 Å². The maximum Gasteiger partial charge on any atom is 0.189 e. The van der Waals surface area contributed by atoms with Gasteiger partial charge in [0.25, 0.3) is 0 Å². The molecule has 0 bridgehead atoms. The van der Waals surface area contributed by atoms with Gasteiger partial charge in [-0.25, -0.2) is 4.99 Å². The average Bonchev–Trinajstić information content (AvgIpc) is 3.07. The molecule has 0 amide bonds. The summed E-state index contributed by atoms with van der Waals surface area (Å²) < 4.78 is 15.7. The molecule has 0 unspecified atom stereocenters. The molecule has 7 heteroatoms. The average molecular weight is 332 g/mol. The number of methoxy groups -OCH3 is 2. The zero-order valence-electron chi connectivity index (χ0n) is 14.5. The minimum absolute atomic E-state index is 0.332. The van der Waals surface area contributed by atoms with E-state index in [9.17, 15) is 0 Å². The van der Waals surface area contributed by atoms with Gasteiger partial charge in [0.1, 0.15) is 0 Å². The third kappa shape index (κ3) is 4.65. The molecule has 2 aromatic rings. The van der Waals surface area contributed by atoms with E-state index in [1.54, 1.807) is 14.2 Å². The van der Waals surface area contributed by atoms with Crippen LogP contribution in [0.25, 0.3) is 0 Å². The Bertz CT molecular complexity index is 695. The molecule has 0 saturated carbocycles. The third-order valence-corrected chi connectivity index (χ3v) is 3.49. The Morgan fingerprint density at radius 3 is 2.62 bits per heavy atom. The second-order valence-corrected chi connectivity index (χ2v) is 5.62. The number of nitrogens with one attached hydrogen (secondary N) is 1. The summed E-state index contributed by atoms with van der Waals surface area (Å²) in [5, 5.41) is 7.01. The van der Waals surface area contributed by atoms with Gasteiger partial charge in [-0.05, 0) is 23.6 Å². The molecule has 0 spiro atoms. The Labute approximate surface area is 141 Å². The Morgan fingerprint density at radius 2 is 2.00 bits per heavy atom. The van der Waals surface area contributed by atoms with Crippen molar-refractivity contribution in [3.05, 3.63) is 41.3 Å². The second kappa shape index (κ2) is 8.24. The number of aromatic nitrogens is 1. The Balaban J connectivity index is 1.91. The normalized spacial score (nSPS) is 11.6. The summed E-state index contributed by atoms with van der Waals surface area (Å²) >= 11 is 0. The fourth-order valence-corrected chi connectivity index (χ4v) is 2.07. The van der Waals surface area contributed by atoms with Gasteiger partial charge in [-0.1, -0.05) is 25.1 Å². The number of benzene rings is 1. The van der Waals surface area contributed by atoms with Crippen molar-refractivity contribution in [3.63, 3.8) is 0 Å². The molecule has 3 N–H and O–H groups in total. The first-order valence-electron chi connectivity index (χ1n) is 7.73. The predicted molar refractivity (Wildman–Crippen MR) is 92.3 cm³/mol. The van der Waals surface area contributed by atoms with E-state index < -0.39 is 0 Å². The molecule has 130 valence electrons. The third-order valence-electron chi connectivity index (χ3n) is 3.49. The summed E-state index contributed by atoms with van der Waals surface area (Å²) in [7, 11) is 3.20. The van der Waals surface area contributed by atoms with Gasteiger partial charge in [-0.15, -0.1) is 0 Å². The van der Waals surface area contributed by atoms with E-state index in [0.717, 1.165) is 17.0 Å². The molecule has 7 nitrogen and oxygen atoms in total. The molecule has 0 fully saturated rings. The zero-order valence-corrected chi connectivity index (χ0v) is 14.5. The van der Waals surface area contributed by atoms with Crippen molar-refractivity contribution in [2.24, 2.45) is 10.7 Å². The van der Waals surface area contributed by atoms with E-state index in [4.69, 9.17) is 19.7 Å². The molecule has 1 aromatic carbocycles. The summed E-state index contributed by atoms with van der Waals surface area (Å²) in [5.74, 6) is 2.75. The molecule has 0 aliphatic rings. The van der Waals surface area contributed by atoms with Gasteiger partial charge in [0.2, 0.25) is 0 Å². The van der Waals surface area contributed by atoms with Crippen LogP contribution < -0.4 is 20.5 Å². The molecule has 0 aliphatic heterocycles. The highest BCUT2D eigenvalue weighted by atomic mass is 16.5. The molecule has 2 rings (SSSR count). The molecule has 1 heterocycles. The summed E-state index contributed by atoms with van der Waals surface area (Å²) in [5.41, 5.74) is 7.78. The summed E-state index contributed by atoms with van der Waals surface area (Å²) in [6.07, 6.45) is 0. The molecule has 0 radical (unpaired) electrons. The maximum atomic E-state index is 5.88. The van der Waals surface area contributed by atoms with E-state index in [2.05, 4.69) is 29.3 Å². The lowest BCUT2D eigenvalue weighted by atomic mass is 10.1. The number of nitrogens with two attached hydrogens (primary N) is 1. The number of nitrogens with zero attached hydrogens (tertiary/aromatic N) is 2. The van der Waals surface area contributed by atoms with E-state index in [1.807, 2.05) is 24.3 Å². The highest BCUT2D eigenvalue weighted by molar-refractivity contribution is 5.77. The molecule has 0 atom stereocenters.